The molecule has 0 amide bonds. The molecule has 0 aromatic heterocycles. The molecule has 1 aliphatic carbocycles. The predicted octanol–water partition coefficient (Wildman–Crippen LogP) is 0.834. The van der Waals surface area contributed by atoms with Crippen LogP contribution >= 0.6 is 0 Å². The van der Waals surface area contributed by atoms with Crippen LogP contribution in [-0.2, 0) is 4.74 Å². The van der Waals surface area contributed by atoms with Crippen molar-refractivity contribution in [1.29, 1.82) is 0 Å². The van der Waals surface area contributed by atoms with E-state index in [2.05, 4.69) is 11.8 Å². The van der Waals surface area contributed by atoms with Gasteiger partial charge in [-0.3, -0.25) is 4.90 Å². The van der Waals surface area contributed by atoms with Gasteiger partial charge < -0.3 is 10.5 Å². The number of hydrogen-bond donors (Lipinski definition) is 1. The maximum Gasteiger partial charge on any atom is 0.0824 e. The summed E-state index contributed by atoms with van der Waals surface area (Å²) >= 11 is 0. The molecule has 0 bridgehead atoms. The topological polar surface area (TPSA) is 38.5 Å². The van der Waals surface area contributed by atoms with Crippen LogP contribution in [0.1, 0.15) is 26.2 Å². The Morgan fingerprint density at radius 1 is 1.43 bits per heavy atom. The molecule has 2 rings (SSSR count). The van der Waals surface area contributed by atoms with Gasteiger partial charge in [0.25, 0.3) is 0 Å². The number of hydrogen-bond acceptors (Lipinski definition) is 3. The fraction of sp³-hybridized carbons (Fsp3) is 1.00. The Balaban J connectivity index is 1.84. The van der Waals surface area contributed by atoms with Crippen molar-refractivity contribution in [3.63, 3.8) is 0 Å². The van der Waals surface area contributed by atoms with Gasteiger partial charge in [0.2, 0.25) is 0 Å². The quantitative estimate of drug-likeness (QED) is 0.714. The fourth-order valence-corrected chi connectivity index (χ4v) is 2.73. The lowest BCUT2D eigenvalue weighted by molar-refractivity contribution is -0.0378. The average molecular weight is 198 g/mol. The van der Waals surface area contributed by atoms with Gasteiger partial charge in [-0.15, -0.1) is 0 Å². The van der Waals surface area contributed by atoms with Crippen molar-refractivity contribution in [2.24, 2.45) is 11.7 Å². The van der Waals surface area contributed by atoms with Gasteiger partial charge in [-0.1, -0.05) is 6.92 Å². The molecule has 3 atom stereocenters. The zero-order valence-corrected chi connectivity index (χ0v) is 9.11. The van der Waals surface area contributed by atoms with Crippen LogP contribution in [0.3, 0.4) is 0 Å². The van der Waals surface area contributed by atoms with Crippen molar-refractivity contribution in [3.8, 4) is 0 Å². The molecule has 14 heavy (non-hydrogen) atoms. The van der Waals surface area contributed by atoms with Gasteiger partial charge >= 0.3 is 0 Å². The second-order valence-electron chi connectivity index (χ2n) is 4.80. The molecule has 1 saturated carbocycles. The highest BCUT2D eigenvalue weighted by atomic mass is 16.5. The van der Waals surface area contributed by atoms with Crippen LogP contribution in [-0.4, -0.2) is 43.3 Å². The van der Waals surface area contributed by atoms with Crippen molar-refractivity contribution in [2.75, 3.05) is 26.2 Å². The maximum absolute atomic E-state index is 5.64. The molecule has 82 valence electrons. The lowest BCUT2D eigenvalue weighted by Gasteiger charge is -2.36. The Bertz CT molecular complexity index is 186. The average Bonchev–Trinajstić information content (AvgIpc) is 2.65. The normalized spacial score (nSPS) is 40.3. The summed E-state index contributed by atoms with van der Waals surface area (Å²) in [5, 5.41) is 0. The number of rotatable bonds is 2. The molecule has 0 aromatic carbocycles. The number of nitrogens with two attached hydrogens (primary N) is 1. The molecule has 1 saturated heterocycles. The van der Waals surface area contributed by atoms with Gasteiger partial charge in [0.15, 0.2) is 0 Å². The number of morpholine rings is 1. The smallest absolute Gasteiger partial charge is 0.0824 e. The van der Waals surface area contributed by atoms with Crippen molar-refractivity contribution >= 4 is 0 Å². The van der Waals surface area contributed by atoms with Gasteiger partial charge in [0, 0.05) is 25.7 Å². The molecule has 3 heteroatoms. The number of nitrogens with zero attached hydrogens (tertiary/aromatic N) is 1. The van der Waals surface area contributed by atoms with Crippen molar-refractivity contribution in [3.05, 3.63) is 0 Å². The van der Waals surface area contributed by atoms with Crippen molar-refractivity contribution in [2.45, 2.75) is 38.3 Å². The van der Waals surface area contributed by atoms with Crippen LogP contribution in [0.2, 0.25) is 0 Å². The first-order valence-corrected chi connectivity index (χ1v) is 5.85. The molecule has 2 N–H and O–H groups in total. The molecule has 2 fully saturated rings. The van der Waals surface area contributed by atoms with Crippen molar-refractivity contribution < 1.29 is 4.74 Å². The summed E-state index contributed by atoms with van der Waals surface area (Å²) in [4.78, 5) is 2.59. The molecule has 1 heterocycles. The van der Waals surface area contributed by atoms with Gasteiger partial charge in [0.1, 0.15) is 0 Å². The lowest BCUT2D eigenvalue weighted by Crippen LogP contribution is -2.49. The van der Waals surface area contributed by atoms with Gasteiger partial charge in [0.05, 0.1) is 12.7 Å². The van der Waals surface area contributed by atoms with E-state index < -0.39 is 0 Å². The van der Waals surface area contributed by atoms with E-state index in [-0.39, 0.29) is 6.10 Å². The monoisotopic (exact) mass is 198 g/mol. The standard InChI is InChI=1S/C11H22N2O/c1-9-2-3-10(6-9)13-4-5-14-11(7-12)8-13/h9-11H,2-8,12H2,1H3. The second-order valence-corrected chi connectivity index (χ2v) is 4.80. The van der Waals surface area contributed by atoms with Gasteiger partial charge in [-0.25, -0.2) is 0 Å². The van der Waals surface area contributed by atoms with Crippen LogP contribution in [0, 0.1) is 5.92 Å². The van der Waals surface area contributed by atoms with E-state index in [0.717, 1.165) is 31.7 Å². The largest absolute Gasteiger partial charge is 0.374 e. The van der Waals surface area contributed by atoms with E-state index in [0.29, 0.717) is 6.54 Å². The zero-order valence-electron chi connectivity index (χ0n) is 9.11. The highest BCUT2D eigenvalue weighted by molar-refractivity contribution is 4.84. The molecule has 0 radical (unpaired) electrons. The first-order valence-electron chi connectivity index (χ1n) is 5.85. The summed E-state index contributed by atoms with van der Waals surface area (Å²) < 4.78 is 5.58. The molecule has 0 spiro atoms. The minimum atomic E-state index is 0.277. The van der Waals surface area contributed by atoms with Crippen LogP contribution in [0.4, 0.5) is 0 Å². The predicted molar refractivity (Wildman–Crippen MR) is 57.2 cm³/mol. The molecular weight excluding hydrogens is 176 g/mol. The lowest BCUT2D eigenvalue weighted by atomic mass is 10.1. The Morgan fingerprint density at radius 2 is 2.29 bits per heavy atom. The minimum Gasteiger partial charge on any atom is -0.374 e. The highest BCUT2D eigenvalue weighted by Gasteiger charge is 2.30. The summed E-state index contributed by atoms with van der Waals surface area (Å²) in [6.07, 6.45) is 4.42. The summed E-state index contributed by atoms with van der Waals surface area (Å²) in [5.41, 5.74) is 5.64. The third-order valence-electron chi connectivity index (χ3n) is 3.62. The Labute approximate surface area is 86.6 Å². The third kappa shape index (κ3) is 2.27. The third-order valence-corrected chi connectivity index (χ3v) is 3.62. The van der Waals surface area contributed by atoms with E-state index >= 15 is 0 Å². The summed E-state index contributed by atoms with van der Waals surface area (Å²) in [6, 6.07) is 0.808. The van der Waals surface area contributed by atoms with E-state index in [4.69, 9.17) is 10.5 Å². The summed E-state index contributed by atoms with van der Waals surface area (Å²) in [5.74, 6) is 0.916. The molecule has 3 nitrogen and oxygen atoms in total. The molecule has 1 aliphatic heterocycles. The molecule has 3 unspecified atom stereocenters. The minimum absolute atomic E-state index is 0.277. The van der Waals surface area contributed by atoms with Crippen LogP contribution in [0.15, 0.2) is 0 Å². The zero-order chi connectivity index (χ0) is 9.97. The maximum atomic E-state index is 5.64. The molecular formula is C11H22N2O. The van der Waals surface area contributed by atoms with Gasteiger partial charge in [-0.05, 0) is 25.2 Å². The Hall–Kier alpha value is -0.120. The molecule has 2 aliphatic rings. The van der Waals surface area contributed by atoms with Gasteiger partial charge in [-0.2, -0.15) is 0 Å². The Morgan fingerprint density at radius 3 is 2.93 bits per heavy atom. The second kappa shape index (κ2) is 4.60. The summed E-state index contributed by atoms with van der Waals surface area (Å²) in [7, 11) is 0. The van der Waals surface area contributed by atoms with Crippen LogP contribution in [0.5, 0.6) is 0 Å². The molecule has 0 aromatic rings. The SMILES string of the molecule is CC1CCC(N2CCOC(CN)C2)C1. The van der Waals surface area contributed by atoms with E-state index in [1.165, 1.54) is 19.3 Å². The highest BCUT2D eigenvalue weighted by Crippen LogP contribution is 2.29. The first kappa shape index (κ1) is 10.4. The fourth-order valence-electron chi connectivity index (χ4n) is 2.73. The van der Waals surface area contributed by atoms with E-state index in [1.807, 2.05) is 0 Å². The number of ether oxygens (including phenoxy) is 1. The van der Waals surface area contributed by atoms with E-state index in [9.17, 15) is 0 Å². The summed E-state index contributed by atoms with van der Waals surface area (Å²) in [6.45, 7) is 6.05. The van der Waals surface area contributed by atoms with Crippen molar-refractivity contribution in [1.82, 2.24) is 4.90 Å². The van der Waals surface area contributed by atoms with E-state index in [1.54, 1.807) is 0 Å². The Kier molecular flexibility index (Phi) is 3.42. The van der Waals surface area contributed by atoms with Crippen LogP contribution < -0.4 is 5.73 Å². The van der Waals surface area contributed by atoms with Crippen LogP contribution in [0.25, 0.3) is 0 Å². The first-order chi connectivity index (χ1) is 6.79.